The molecule has 1 saturated heterocycles. The third-order valence-electron chi connectivity index (χ3n) is 7.02. The van der Waals surface area contributed by atoms with Gasteiger partial charge in [0.25, 0.3) is 0 Å². The molecule has 3 fully saturated rings. The minimum atomic E-state index is -1.47. The average Bonchev–Trinajstić information content (AvgIpc) is 3.44. The lowest BCUT2D eigenvalue weighted by Crippen LogP contribution is -2.39. The number of hydrogen-bond donors (Lipinski definition) is 0. The number of fused-ring (bicyclic) bond motifs is 1. The van der Waals surface area contributed by atoms with Crippen LogP contribution in [0.15, 0.2) is 12.4 Å². The molecule has 4 atom stereocenters. The summed E-state index contributed by atoms with van der Waals surface area (Å²) < 4.78 is 36.2. The highest BCUT2D eigenvalue weighted by Gasteiger charge is 2.38. The second-order valence-corrected chi connectivity index (χ2v) is 9.47. The minimum absolute atomic E-state index is 0.105. The Bertz CT molecular complexity index is 1190. The van der Waals surface area contributed by atoms with Crippen molar-refractivity contribution >= 4 is 17.1 Å². The minimum Gasteiger partial charge on any atom is -0.370 e. The summed E-state index contributed by atoms with van der Waals surface area (Å²) in [5.41, 5.74) is 4.20. The van der Waals surface area contributed by atoms with E-state index in [9.17, 15) is 8.78 Å². The third kappa shape index (κ3) is 3.84. The Morgan fingerprint density at radius 1 is 1.00 bits per heavy atom. The predicted molar refractivity (Wildman–Crippen MR) is 118 cm³/mol. The van der Waals surface area contributed by atoms with E-state index in [0.29, 0.717) is 48.5 Å². The highest BCUT2D eigenvalue weighted by Crippen LogP contribution is 2.40. The normalized spacial score (nSPS) is 28.1. The van der Waals surface area contributed by atoms with E-state index in [-0.39, 0.29) is 24.9 Å². The predicted octanol–water partition coefficient (Wildman–Crippen LogP) is 3.70. The van der Waals surface area contributed by atoms with Crippen LogP contribution in [0, 0.1) is 13.8 Å². The van der Waals surface area contributed by atoms with Gasteiger partial charge in [-0.3, -0.25) is 4.68 Å². The number of halogens is 2. The molecule has 3 aromatic rings. The van der Waals surface area contributed by atoms with E-state index in [4.69, 9.17) is 14.7 Å². The van der Waals surface area contributed by atoms with Gasteiger partial charge in [0.2, 0.25) is 5.95 Å². The zero-order valence-electron chi connectivity index (χ0n) is 18.8. The molecule has 174 valence electrons. The van der Waals surface area contributed by atoms with Gasteiger partial charge in [0.15, 0.2) is 5.65 Å². The monoisotopic (exact) mass is 455 g/mol. The van der Waals surface area contributed by atoms with Crippen LogP contribution in [0.5, 0.6) is 0 Å². The first-order valence-electron chi connectivity index (χ1n) is 11.7. The van der Waals surface area contributed by atoms with Crippen LogP contribution in [0.1, 0.15) is 66.4 Å². The van der Waals surface area contributed by atoms with Crippen molar-refractivity contribution in [1.82, 2.24) is 29.7 Å². The quantitative estimate of drug-likeness (QED) is 0.593. The summed E-state index contributed by atoms with van der Waals surface area (Å²) in [4.78, 5) is 20.9. The highest BCUT2D eigenvalue weighted by molar-refractivity contribution is 5.75. The van der Waals surface area contributed by atoms with Crippen molar-refractivity contribution in [3.8, 4) is 0 Å². The van der Waals surface area contributed by atoms with Crippen LogP contribution in [0.4, 0.5) is 14.7 Å². The first-order valence-corrected chi connectivity index (χ1v) is 11.7. The lowest BCUT2D eigenvalue weighted by Gasteiger charge is -2.33. The first kappa shape index (κ1) is 20.8. The number of alkyl halides is 2. The maximum atomic E-state index is 14.1. The zero-order valence-corrected chi connectivity index (χ0v) is 18.8. The zero-order chi connectivity index (χ0) is 22.7. The number of aryl methyl sites for hydroxylation is 2. The molecule has 2 saturated carbocycles. The van der Waals surface area contributed by atoms with Crippen molar-refractivity contribution in [3.63, 3.8) is 0 Å². The van der Waals surface area contributed by atoms with E-state index >= 15 is 0 Å². The number of ether oxygens (including phenoxy) is 1. The van der Waals surface area contributed by atoms with Gasteiger partial charge in [0.1, 0.15) is 24.0 Å². The molecule has 1 unspecified atom stereocenters. The van der Waals surface area contributed by atoms with Gasteiger partial charge in [-0.2, -0.15) is 10.1 Å². The molecular formula is C23H27F2N7O. The number of rotatable bonds is 4. The number of hydrogen-bond acceptors (Lipinski definition) is 7. The Kier molecular flexibility index (Phi) is 5.01. The molecule has 33 heavy (non-hydrogen) atoms. The van der Waals surface area contributed by atoms with E-state index in [1.807, 2.05) is 24.7 Å². The van der Waals surface area contributed by atoms with Crippen molar-refractivity contribution in [1.29, 1.82) is 0 Å². The van der Waals surface area contributed by atoms with Gasteiger partial charge in [0, 0.05) is 24.2 Å². The molecule has 8 nitrogen and oxygen atoms in total. The second-order valence-electron chi connectivity index (χ2n) is 9.47. The summed E-state index contributed by atoms with van der Waals surface area (Å²) in [6.07, 6.45) is 3.41. The fraction of sp³-hybridized carbons (Fsp3) is 0.609. The Labute approximate surface area is 190 Å². The third-order valence-corrected chi connectivity index (χ3v) is 7.02. The molecule has 3 aliphatic rings. The van der Waals surface area contributed by atoms with E-state index in [1.165, 1.54) is 12.8 Å². The van der Waals surface area contributed by atoms with Crippen molar-refractivity contribution in [3.05, 3.63) is 35.0 Å². The summed E-state index contributed by atoms with van der Waals surface area (Å²) in [5.74, 6) is 0.167. The van der Waals surface area contributed by atoms with Gasteiger partial charge >= 0.3 is 0 Å². The number of aromatic nitrogens is 6. The molecule has 0 amide bonds. The molecule has 1 aliphatic heterocycles. The van der Waals surface area contributed by atoms with E-state index in [1.54, 1.807) is 0 Å². The molecule has 6 rings (SSSR count). The van der Waals surface area contributed by atoms with Crippen LogP contribution >= 0.6 is 0 Å². The smallest absolute Gasteiger partial charge is 0.227 e. The topological polar surface area (TPSA) is 81.9 Å². The Hall–Kier alpha value is -2.75. The Balaban J connectivity index is 1.35. The summed E-state index contributed by atoms with van der Waals surface area (Å²) in [5, 5.41) is 4.49. The van der Waals surface area contributed by atoms with Crippen molar-refractivity contribution < 1.29 is 13.5 Å². The van der Waals surface area contributed by atoms with Crippen LogP contribution < -0.4 is 4.90 Å². The van der Waals surface area contributed by atoms with Crippen LogP contribution in [0.2, 0.25) is 0 Å². The van der Waals surface area contributed by atoms with Crippen LogP contribution in [-0.2, 0) is 4.74 Å². The van der Waals surface area contributed by atoms with Gasteiger partial charge in [-0.05, 0) is 39.5 Å². The van der Waals surface area contributed by atoms with Crippen molar-refractivity contribution in [2.45, 2.75) is 69.9 Å². The van der Waals surface area contributed by atoms with Crippen LogP contribution in [0.3, 0.4) is 0 Å². The summed E-state index contributed by atoms with van der Waals surface area (Å²) in [6, 6.07) is 0.514. The van der Waals surface area contributed by atoms with Crippen molar-refractivity contribution in [2.24, 2.45) is 0 Å². The molecule has 4 heterocycles. The molecular weight excluding hydrogens is 428 g/mol. The van der Waals surface area contributed by atoms with E-state index in [2.05, 4.69) is 26.2 Å². The number of morpholine rings is 1. The Morgan fingerprint density at radius 3 is 2.52 bits per heavy atom. The maximum Gasteiger partial charge on any atom is 0.227 e. The largest absolute Gasteiger partial charge is 0.370 e. The van der Waals surface area contributed by atoms with Crippen molar-refractivity contribution in [2.75, 3.05) is 24.6 Å². The maximum absolute atomic E-state index is 14.1. The van der Waals surface area contributed by atoms with Gasteiger partial charge in [-0.15, -0.1) is 0 Å². The SMILES string of the molecule is Cc1nc2nc(N3CCO[C@@H](c4cnn(C5CC5)c4)C3)nc(C3C[C@@H](F)[C@@H](F)C3)c2nc1C. The average molecular weight is 456 g/mol. The van der Waals surface area contributed by atoms with E-state index < -0.39 is 12.3 Å². The summed E-state index contributed by atoms with van der Waals surface area (Å²) in [7, 11) is 0. The second kappa shape index (κ2) is 7.93. The standard InChI is InChI=1S/C23H27F2N7O/c1-12-13(2)28-22-21(27-12)20(14-7-17(24)18(25)8-14)29-23(30-22)31-5-6-33-19(11-31)15-9-26-32(10-15)16-3-4-16/h9-10,14,16-19H,3-8,11H2,1-2H3/t14?,17-,18+,19-/m1/s1. The molecule has 0 N–H and O–H groups in total. The highest BCUT2D eigenvalue weighted by atomic mass is 19.2. The molecule has 0 aromatic carbocycles. The van der Waals surface area contributed by atoms with Crippen LogP contribution in [-0.4, -0.2) is 61.8 Å². The molecule has 3 aromatic heterocycles. The van der Waals surface area contributed by atoms with Gasteiger partial charge < -0.3 is 9.64 Å². The molecule has 0 radical (unpaired) electrons. The molecule has 2 aliphatic carbocycles. The van der Waals surface area contributed by atoms with Gasteiger partial charge in [-0.1, -0.05) is 0 Å². The van der Waals surface area contributed by atoms with Gasteiger partial charge in [0.05, 0.1) is 42.5 Å². The summed E-state index contributed by atoms with van der Waals surface area (Å²) >= 11 is 0. The number of anilines is 1. The first-order chi connectivity index (χ1) is 16.0. The van der Waals surface area contributed by atoms with Gasteiger partial charge in [-0.25, -0.2) is 23.7 Å². The van der Waals surface area contributed by atoms with E-state index in [0.717, 1.165) is 17.0 Å². The molecule has 0 bridgehead atoms. The molecule has 10 heteroatoms. The number of nitrogens with zero attached hydrogens (tertiary/aromatic N) is 7. The lowest BCUT2D eigenvalue weighted by atomic mass is 10.0. The summed E-state index contributed by atoms with van der Waals surface area (Å²) in [6.45, 7) is 5.48. The molecule has 0 spiro atoms. The fourth-order valence-electron chi connectivity index (χ4n) is 4.80. The lowest BCUT2D eigenvalue weighted by molar-refractivity contribution is 0.0392. The van der Waals surface area contributed by atoms with Crippen LogP contribution in [0.25, 0.3) is 11.2 Å². The fourth-order valence-corrected chi connectivity index (χ4v) is 4.80. The Morgan fingerprint density at radius 2 is 1.76 bits per heavy atom.